The molecule has 0 amide bonds. The van der Waals surface area contributed by atoms with Crippen molar-refractivity contribution in [3.05, 3.63) is 38.4 Å². The summed E-state index contributed by atoms with van der Waals surface area (Å²) in [5.41, 5.74) is 0.891. The zero-order chi connectivity index (χ0) is 14.5. The summed E-state index contributed by atoms with van der Waals surface area (Å²) in [6.07, 6.45) is 2.74. The second-order valence-electron chi connectivity index (χ2n) is 4.07. The maximum absolute atomic E-state index is 5.98. The standard InChI is InChI=1S/C13H13Br2ClN4/c1-2-5-17-13-18-7-10(15)12(20-13)19-8-3-4-11(16)9(14)6-8/h3-4,6-7H,2,5H2,1H3,(H2,17,18,19,20). The second-order valence-corrected chi connectivity index (χ2v) is 6.19. The predicted octanol–water partition coefficient (Wildman–Crippen LogP) is 5.22. The molecule has 1 aromatic heterocycles. The molecule has 0 aliphatic rings. The van der Waals surface area contributed by atoms with Gasteiger partial charge in [-0.3, -0.25) is 0 Å². The van der Waals surface area contributed by atoms with Gasteiger partial charge in [0.1, 0.15) is 5.82 Å². The lowest BCUT2D eigenvalue weighted by Crippen LogP contribution is -2.06. The Bertz CT molecular complexity index is 607. The van der Waals surface area contributed by atoms with Crippen molar-refractivity contribution >= 4 is 60.9 Å². The van der Waals surface area contributed by atoms with Gasteiger partial charge in [0.2, 0.25) is 5.95 Å². The van der Waals surface area contributed by atoms with Crippen molar-refractivity contribution in [1.29, 1.82) is 0 Å². The molecule has 2 rings (SSSR count). The summed E-state index contributed by atoms with van der Waals surface area (Å²) >= 11 is 12.8. The van der Waals surface area contributed by atoms with Gasteiger partial charge in [-0.25, -0.2) is 4.98 Å². The lowest BCUT2D eigenvalue weighted by Gasteiger charge is -2.10. The molecule has 0 aliphatic carbocycles. The van der Waals surface area contributed by atoms with Crippen molar-refractivity contribution in [2.75, 3.05) is 17.2 Å². The number of hydrogen-bond donors (Lipinski definition) is 2. The van der Waals surface area contributed by atoms with Crippen LogP contribution < -0.4 is 10.6 Å². The van der Waals surface area contributed by atoms with Crippen LogP contribution in [-0.2, 0) is 0 Å². The third kappa shape index (κ3) is 4.07. The number of anilines is 3. The number of nitrogens with one attached hydrogen (secondary N) is 2. The summed E-state index contributed by atoms with van der Waals surface area (Å²) < 4.78 is 1.63. The van der Waals surface area contributed by atoms with Crippen LogP contribution in [0.4, 0.5) is 17.5 Å². The number of halogens is 3. The first-order valence-electron chi connectivity index (χ1n) is 6.08. The molecule has 7 heteroatoms. The molecule has 0 fully saturated rings. The van der Waals surface area contributed by atoms with Gasteiger partial charge in [0, 0.05) is 22.9 Å². The molecule has 106 valence electrons. The van der Waals surface area contributed by atoms with E-state index in [1.807, 2.05) is 18.2 Å². The highest BCUT2D eigenvalue weighted by molar-refractivity contribution is 9.11. The van der Waals surface area contributed by atoms with Crippen LogP contribution in [0.25, 0.3) is 0 Å². The summed E-state index contributed by atoms with van der Waals surface area (Å²) in [6.45, 7) is 2.93. The van der Waals surface area contributed by atoms with E-state index >= 15 is 0 Å². The Morgan fingerprint density at radius 3 is 2.75 bits per heavy atom. The van der Waals surface area contributed by atoms with Gasteiger partial charge in [-0.15, -0.1) is 0 Å². The van der Waals surface area contributed by atoms with Crippen molar-refractivity contribution < 1.29 is 0 Å². The van der Waals surface area contributed by atoms with E-state index in [0.29, 0.717) is 16.8 Å². The third-order valence-corrected chi connectivity index (χ3v) is 4.25. The first-order valence-corrected chi connectivity index (χ1v) is 8.05. The minimum absolute atomic E-state index is 0.602. The number of hydrogen-bond acceptors (Lipinski definition) is 4. The molecule has 2 aromatic rings. The summed E-state index contributed by atoms with van der Waals surface area (Å²) in [4.78, 5) is 8.64. The van der Waals surface area contributed by atoms with E-state index in [1.165, 1.54) is 0 Å². The number of aromatic nitrogens is 2. The van der Waals surface area contributed by atoms with Crippen LogP contribution in [0.5, 0.6) is 0 Å². The van der Waals surface area contributed by atoms with Crippen LogP contribution in [0.1, 0.15) is 13.3 Å². The fourth-order valence-electron chi connectivity index (χ4n) is 1.49. The maximum Gasteiger partial charge on any atom is 0.224 e. The molecule has 2 N–H and O–H groups in total. The molecule has 0 bridgehead atoms. The zero-order valence-corrected chi connectivity index (χ0v) is 14.7. The molecule has 20 heavy (non-hydrogen) atoms. The van der Waals surface area contributed by atoms with E-state index in [4.69, 9.17) is 11.6 Å². The maximum atomic E-state index is 5.98. The van der Waals surface area contributed by atoms with Gasteiger partial charge in [0.05, 0.1) is 9.50 Å². The van der Waals surface area contributed by atoms with E-state index in [2.05, 4.69) is 59.4 Å². The monoisotopic (exact) mass is 418 g/mol. The number of nitrogens with zero attached hydrogens (tertiary/aromatic N) is 2. The Kier molecular flexibility index (Phi) is 5.63. The molecule has 1 heterocycles. The number of benzene rings is 1. The van der Waals surface area contributed by atoms with Crippen molar-refractivity contribution in [2.45, 2.75) is 13.3 Å². The first kappa shape index (κ1) is 15.5. The normalized spacial score (nSPS) is 10.4. The SMILES string of the molecule is CCCNc1ncc(Br)c(Nc2ccc(Cl)c(Br)c2)n1. The smallest absolute Gasteiger partial charge is 0.224 e. The molecular formula is C13H13Br2ClN4. The van der Waals surface area contributed by atoms with E-state index in [0.717, 1.165) is 27.6 Å². The van der Waals surface area contributed by atoms with Gasteiger partial charge < -0.3 is 10.6 Å². The highest BCUT2D eigenvalue weighted by Gasteiger charge is 2.06. The molecular weight excluding hydrogens is 407 g/mol. The molecule has 1 aromatic carbocycles. The molecule has 0 aliphatic heterocycles. The Labute approximate surface area is 139 Å². The largest absolute Gasteiger partial charge is 0.354 e. The van der Waals surface area contributed by atoms with Crippen molar-refractivity contribution in [2.24, 2.45) is 0 Å². The van der Waals surface area contributed by atoms with Gasteiger partial charge in [0.15, 0.2) is 0 Å². The molecule has 0 saturated carbocycles. The van der Waals surface area contributed by atoms with E-state index in [-0.39, 0.29) is 0 Å². The average molecular weight is 421 g/mol. The third-order valence-electron chi connectivity index (χ3n) is 2.46. The van der Waals surface area contributed by atoms with Crippen LogP contribution in [-0.4, -0.2) is 16.5 Å². The Morgan fingerprint density at radius 1 is 1.25 bits per heavy atom. The van der Waals surface area contributed by atoms with Crippen LogP contribution >= 0.6 is 43.5 Å². The summed E-state index contributed by atoms with van der Waals surface area (Å²) in [7, 11) is 0. The van der Waals surface area contributed by atoms with Gasteiger partial charge in [-0.1, -0.05) is 18.5 Å². The van der Waals surface area contributed by atoms with E-state index in [9.17, 15) is 0 Å². The Balaban J connectivity index is 2.20. The Morgan fingerprint density at radius 2 is 2.05 bits per heavy atom. The highest BCUT2D eigenvalue weighted by Crippen LogP contribution is 2.29. The lowest BCUT2D eigenvalue weighted by molar-refractivity contribution is 0.952. The topological polar surface area (TPSA) is 49.8 Å². The van der Waals surface area contributed by atoms with Gasteiger partial charge in [0.25, 0.3) is 0 Å². The molecule has 0 radical (unpaired) electrons. The lowest BCUT2D eigenvalue weighted by atomic mass is 10.3. The molecule has 0 atom stereocenters. The van der Waals surface area contributed by atoms with Gasteiger partial charge in [-0.2, -0.15) is 4.98 Å². The quantitative estimate of drug-likeness (QED) is 0.696. The van der Waals surface area contributed by atoms with Crippen molar-refractivity contribution in [3.8, 4) is 0 Å². The fourth-order valence-corrected chi connectivity index (χ4v) is 2.27. The van der Waals surface area contributed by atoms with Crippen LogP contribution in [0, 0.1) is 0 Å². The van der Waals surface area contributed by atoms with Crippen LogP contribution in [0.2, 0.25) is 5.02 Å². The number of rotatable bonds is 5. The highest BCUT2D eigenvalue weighted by atomic mass is 79.9. The molecule has 0 unspecified atom stereocenters. The van der Waals surface area contributed by atoms with Crippen molar-refractivity contribution in [3.63, 3.8) is 0 Å². The molecule has 0 saturated heterocycles. The summed E-state index contributed by atoms with van der Waals surface area (Å²) in [6, 6.07) is 5.61. The first-order chi connectivity index (χ1) is 9.60. The second kappa shape index (κ2) is 7.24. The Hall–Kier alpha value is -0.850. The predicted molar refractivity (Wildman–Crippen MR) is 90.9 cm³/mol. The zero-order valence-electron chi connectivity index (χ0n) is 10.8. The summed E-state index contributed by atoms with van der Waals surface area (Å²) in [5.74, 6) is 1.30. The van der Waals surface area contributed by atoms with Gasteiger partial charge >= 0.3 is 0 Å². The minimum Gasteiger partial charge on any atom is -0.354 e. The molecule has 4 nitrogen and oxygen atoms in total. The van der Waals surface area contributed by atoms with E-state index in [1.54, 1.807) is 6.20 Å². The summed E-state index contributed by atoms with van der Waals surface area (Å²) in [5, 5.41) is 7.05. The van der Waals surface area contributed by atoms with Gasteiger partial charge in [-0.05, 0) is 56.5 Å². The minimum atomic E-state index is 0.602. The van der Waals surface area contributed by atoms with Crippen molar-refractivity contribution in [1.82, 2.24) is 9.97 Å². The average Bonchev–Trinajstić information content (AvgIpc) is 2.44. The molecule has 0 spiro atoms. The van der Waals surface area contributed by atoms with Crippen LogP contribution in [0.3, 0.4) is 0 Å². The van der Waals surface area contributed by atoms with Crippen LogP contribution in [0.15, 0.2) is 33.3 Å². The van der Waals surface area contributed by atoms with E-state index < -0.39 is 0 Å². The fraction of sp³-hybridized carbons (Fsp3) is 0.231.